The van der Waals surface area contributed by atoms with Crippen LogP contribution in [-0.2, 0) is 19.9 Å². The number of ether oxygens (including phenoxy) is 2. The first kappa shape index (κ1) is 26.0. The molecular formula is C29H33NO5. The molecule has 0 saturated heterocycles. The Bertz CT molecular complexity index is 1040. The van der Waals surface area contributed by atoms with Gasteiger partial charge in [-0.3, -0.25) is 9.59 Å². The van der Waals surface area contributed by atoms with Crippen molar-refractivity contribution in [3.8, 4) is 5.75 Å². The van der Waals surface area contributed by atoms with E-state index in [1.54, 1.807) is 19.1 Å². The van der Waals surface area contributed by atoms with Gasteiger partial charge in [-0.2, -0.15) is 0 Å². The Morgan fingerprint density at radius 1 is 0.914 bits per heavy atom. The number of hydrogen-bond donors (Lipinski definition) is 1. The molecular weight excluding hydrogens is 442 g/mol. The highest BCUT2D eigenvalue weighted by atomic mass is 16.5. The Hall–Kier alpha value is -3.64. The van der Waals surface area contributed by atoms with Crippen LogP contribution in [0.2, 0.25) is 0 Å². The summed E-state index contributed by atoms with van der Waals surface area (Å²) in [5.74, 6) is -0.275. The molecule has 0 spiro atoms. The molecule has 3 rings (SSSR count). The molecule has 1 amide bonds. The number of methoxy groups -OCH3 is 1. The van der Waals surface area contributed by atoms with Crippen molar-refractivity contribution in [2.45, 2.75) is 31.3 Å². The minimum atomic E-state index is -1.29. The van der Waals surface area contributed by atoms with Crippen LogP contribution in [0.3, 0.4) is 0 Å². The van der Waals surface area contributed by atoms with E-state index in [1.165, 1.54) is 0 Å². The van der Waals surface area contributed by atoms with Crippen LogP contribution in [0.5, 0.6) is 5.75 Å². The monoisotopic (exact) mass is 475 g/mol. The van der Waals surface area contributed by atoms with Gasteiger partial charge in [0.2, 0.25) is 5.91 Å². The van der Waals surface area contributed by atoms with Crippen molar-refractivity contribution >= 4 is 11.9 Å². The van der Waals surface area contributed by atoms with Crippen LogP contribution < -0.4 is 4.74 Å². The number of carboxylic acids is 1. The fourth-order valence-electron chi connectivity index (χ4n) is 4.29. The molecule has 6 heteroatoms. The van der Waals surface area contributed by atoms with Gasteiger partial charge in [-0.15, -0.1) is 0 Å². The van der Waals surface area contributed by atoms with Crippen LogP contribution in [0.4, 0.5) is 0 Å². The SMILES string of the molecule is CCC(CN(C)C(=O)COC(CC(=O)O)(c1ccccc1)c1ccccc1)c1ccc(OC)cc1. The minimum Gasteiger partial charge on any atom is -0.497 e. The molecule has 35 heavy (non-hydrogen) atoms. The smallest absolute Gasteiger partial charge is 0.307 e. The lowest BCUT2D eigenvalue weighted by Crippen LogP contribution is -2.40. The predicted molar refractivity (Wildman–Crippen MR) is 136 cm³/mol. The number of carbonyl (C=O) groups is 2. The molecule has 1 unspecified atom stereocenters. The summed E-state index contributed by atoms with van der Waals surface area (Å²) in [5, 5.41) is 9.78. The molecule has 0 aliphatic rings. The largest absolute Gasteiger partial charge is 0.497 e. The molecule has 0 heterocycles. The molecule has 6 nitrogen and oxygen atoms in total. The summed E-state index contributed by atoms with van der Waals surface area (Å²) in [6.07, 6.45) is 0.559. The summed E-state index contributed by atoms with van der Waals surface area (Å²) in [6, 6.07) is 26.3. The van der Waals surface area contributed by atoms with E-state index in [0.717, 1.165) is 17.7 Å². The van der Waals surface area contributed by atoms with Gasteiger partial charge in [0.15, 0.2) is 0 Å². The first-order chi connectivity index (χ1) is 16.9. The second-order valence-corrected chi connectivity index (χ2v) is 8.57. The van der Waals surface area contributed by atoms with Gasteiger partial charge < -0.3 is 19.5 Å². The fraction of sp³-hybridized carbons (Fsp3) is 0.310. The van der Waals surface area contributed by atoms with Crippen molar-refractivity contribution in [1.29, 1.82) is 0 Å². The molecule has 1 atom stereocenters. The van der Waals surface area contributed by atoms with Crippen LogP contribution in [0, 0.1) is 0 Å². The third kappa shape index (κ3) is 6.49. The molecule has 0 saturated carbocycles. The molecule has 0 radical (unpaired) electrons. The van der Waals surface area contributed by atoms with Crippen LogP contribution in [-0.4, -0.2) is 49.2 Å². The first-order valence-electron chi connectivity index (χ1n) is 11.7. The van der Waals surface area contributed by atoms with Gasteiger partial charge in [0.05, 0.1) is 13.5 Å². The van der Waals surface area contributed by atoms with Crippen molar-refractivity contribution in [2.24, 2.45) is 0 Å². The maximum atomic E-state index is 13.2. The van der Waals surface area contributed by atoms with E-state index in [1.807, 2.05) is 84.9 Å². The highest BCUT2D eigenvalue weighted by Crippen LogP contribution is 2.37. The number of hydrogen-bond acceptors (Lipinski definition) is 4. The van der Waals surface area contributed by atoms with Crippen molar-refractivity contribution in [2.75, 3.05) is 27.3 Å². The number of likely N-dealkylation sites (N-methyl/N-ethyl adjacent to an activating group) is 1. The molecule has 3 aromatic carbocycles. The highest BCUT2D eigenvalue weighted by molar-refractivity contribution is 5.77. The van der Waals surface area contributed by atoms with Gasteiger partial charge in [-0.05, 0) is 35.2 Å². The standard InChI is InChI=1S/C29H33NO5/c1-4-22(23-15-17-26(34-3)18-16-23)20-30(2)27(31)21-35-29(19-28(32)33,24-11-7-5-8-12-24)25-13-9-6-10-14-25/h5-18,22H,4,19-21H2,1-3H3,(H,32,33). The topological polar surface area (TPSA) is 76.1 Å². The number of aliphatic carboxylic acids is 1. The molecule has 0 aliphatic heterocycles. The van der Waals surface area contributed by atoms with Crippen LogP contribution in [0.1, 0.15) is 42.4 Å². The minimum absolute atomic E-state index is 0.155. The van der Waals surface area contributed by atoms with Crippen LogP contribution in [0.15, 0.2) is 84.9 Å². The molecule has 3 aromatic rings. The van der Waals surface area contributed by atoms with Gasteiger partial charge in [-0.25, -0.2) is 0 Å². The Kier molecular flexibility index (Phi) is 9.04. The van der Waals surface area contributed by atoms with Crippen molar-refractivity contribution in [1.82, 2.24) is 4.90 Å². The second kappa shape index (κ2) is 12.2. The number of rotatable bonds is 12. The average molecular weight is 476 g/mol. The van der Waals surface area contributed by atoms with Gasteiger partial charge >= 0.3 is 5.97 Å². The lowest BCUT2D eigenvalue weighted by Gasteiger charge is -2.34. The van der Waals surface area contributed by atoms with Crippen molar-refractivity contribution in [3.63, 3.8) is 0 Å². The van der Waals surface area contributed by atoms with Gasteiger partial charge in [0.1, 0.15) is 18.0 Å². The van der Waals surface area contributed by atoms with Crippen LogP contribution in [0.25, 0.3) is 0 Å². The van der Waals surface area contributed by atoms with Crippen molar-refractivity contribution in [3.05, 3.63) is 102 Å². The van der Waals surface area contributed by atoms with Crippen molar-refractivity contribution < 1.29 is 24.2 Å². The molecule has 0 bridgehead atoms. The number of nitrogens with zero attached hydrogens (tertiary/aromatic N) is 1. The number of carboxylic acid groups (broad SMARTS) is 1. The molecule has 184 valence electrons. The highest BCUT2D eigenvalue weighted by Gasteiger charge is 2.39. The zero-order valence-electron chi connectivity index (χ0n) is 20.5. The lowest BCUT2D eigenvalue weighted by atomic mass is 9.83. The average Bonchev–Trinajstić information content (AvgIpc) is 2.90. The van der Waals surface area contributed by atoms with E-state index in [0.29, 0.717) is 17.7 Å². The van der Waals surface area contributed by atoms with E-state index in [4.69, 9.17) is 9.47 Å². The van der Waals surface area contributed by atoms with E-state index in [9.17, 15) is 14.7 Å². The molecule has 0 aliphatic carbocycles. The molecule has 0 aromatic heterocycles. The fourth-order valence-corrected chi connectivity index (χ4v) is 4.29. The third-order valence-corrected chi connectivity index (χ3v) is 6.32. The quantitative estimate of drug-likeness (QED) is 0.395. The Morgan fingerprint density at radius 3 is 1.91 bits per heavy atom. The van der Waals surface area contributed by atoms with Gasteiger partial charge in [0.25, 0.3) is 0 Å². The zero-order chi connectivity index (χ0) is 25.3. The summed E-state index contributed by atoms with van der Waals surface area (Å²) in [6.45, 7) is 2.37. The van der Waals surface area contributed by atoms with Gasteiger partial charge in [0, 0.05) is 19.5 Å². The van der Waals surface area contributed by atoms with E-state index in [2.05, 4.69) is 6.92 Å². The predicted octanol–water partition coefficient (Wildman–Crippen LogP) is 5.08. The Morgan fingerprint density at radius 2 is 1.46 bits per heavy atom. The van der Waals surface area contributed by atoms with E-state index >= 15 is 0 Å². The summed E-state index contributed by atoms with van der Waals surface area (Å²) in [4.78, 5) is 26.8. The number of benzene rings is 3. The third-order valence-electron chi connectivity index (χ3n) is 6.32. The Balaban J connectivity index is 1.80. The first-order valence-corrected chi connectivity index (χ1v) is 11.7. The zero-order valence-corrected chi connectivity index (χ0v) is 20.5. The molecule has 1 N–H and O–H groups in total. The second-order valence-electron chi connectivity index (χ2n) is 8.57. The number of amides is 1. The molecule has 0 fully saturated rings. The summed E-state index contributed by atoms with van der Waals surface area (Å²) >= 11 is 0. The van der Waals surface area contributed by atoms with E-state index < -0.39 is 11.6 Å². The number of carbonyl (C=O) groups excluding carboxylic acids is 1. The summed E-state index contributed by atoms with van der Waals surface area (Å²) in [7, 11) is 3.38. The maximum Gasteiger partial charge on any atom is 0.307 e. The normalized spacial score (nSPS) is 12.1. The van der Waals surface area contributed by atoms with E-state index in [-0.39, 0.29) is 24.9 Å². The maximum absolute atomic E-state index is 13.2. The summed E-state index contributed by atoms with van der Waals surface area (Å²) in [5.41, 5.74) is 1.22. The summed E-state index contributed by atoms with van der Waals surface area (Å²) < 4.78 is 11.5. The van der Waals surface area contributed by atoms with Gasteiger partial charge in [-0.1, -0.05) is 79.7 Å². The lowest BCUT2D eigenvalue weighted by molar-refractivity contribution is -0.150. The van der Waals surface area contributed by atoms with Crippen LogP contribution >= 0.6 is 0 Å². The Labute approximate surface area is 207 Å².